The molecule has 0 amide bonds. The van der Waals surface area contributed by atoms with Crippen LogP contribution in [-0.4, -0.2) is 18.8 Å². The summed E-state index contributed by atoms with van der Waals surface area (Å²) in [6.07, 6.45) is 3.60. The Morgan fingerprint density at radius 2 is 1.83 bits per heavy atom. The van der Waals surface area contributed by atoms with E-state index in [0.29, 0.717) is 5.56 Å². The van der Waals surface area contributed by atoms with Crippen LogP contribution in [0.4, 0.5) is 0 Å². The summed E-state index contributed by atoms with van der Waals surface area (Å²) in [5, 5.41) is 4.20. The van der Waals surface area contributed by atoms with Crippen LogP contribution in [0.2, 0.25) is 0 Å². The van der Waals surface area contributed by atoms with E-state index in [-0.39, 0.29) is 5.97 Å². The van der Waals surface area contributed by atoms with Crippen LogP contribution in [0.1, 0.15) is 34.3 Å². The van der Waals surface area contributed by atoms with Gasteiger partial charge in [0.2, 0.25) is 0 Å². The van der Waals surface area contributed by atoms with Gasteiger partial charge in [-0.25, -0.2) is 4.79 Å². The Labute approximate surface area is 135 Å². The number of nitrogens with zero attached hydrogens (tertiary/aromatic N) is 1. The fraction of sp³-hybridized carbons (Fsp3) is 0.158. The summed E-state index contributed by atoms with van der Waals surface area (Å²) in [4.78, 5) is 16.9. The highest BCUT2D eigenvalue weighted by Crippen LogP contribution is 2.21. The molecular formula is C19H17NO3. The van der Waals surface area contributed by atoms with E-state index in [9.17, 15) is 4.79 Å². The molecule has 0 saturated heterocycles. The van der Waals surface area contributed by atoms with Gasteiger partial charge >= 0.3 is 5.97 Å². The molecule has 2 aromatic carbocycles. The van der Waals surface area contributed by atoms with E-state index in [1.807, 2.05) is 48.5 Å². The molecule has 0 aliphatic carbocycles. The van der Waals surface area contributed by atoms with Gasteiger partial charge in [-0.15, -0.1) is 0 Å². The van der Waals surface area contributed by atoms with Gasteiger partial charge in [0.15, 0.2) is 0 Å². The second kappa shape index (κ2) is 6.92. The lowest BCUT2D eigenvalue weighted by Gasteiger charge is -2.14. The molecule has 0 N–H and O–H groups in total. The van der Waals surface area contributed by atoms with E-state index < -0.39 is 0 Å². The Balaban J connectivity index is 1.71. The SMILES string of the molecule is COC(=O)c1ccc(C2=NO/C(=C/c3ccccc3)CC2)cc1. The summed E-state index contributed by atoms with van der Waals surface area (Å²) in [6, 6.07) is 17.2. The summed E-state index contributed by atoms with van der Waals surface area (Å²) in [5.41, 5.74) is 3.46. The van der Waals surface area contributed by atoms with Crippen molar-refractivity contribution >= 4 is 17.8 Å². The van der Waals surface area contributed by atoms with E-state index in [1.165, 1.54) is 7.11 Å². The lowest BCUT2D eigenvalue weighted by atomic mass is 10.0. The van der Waals surface area contributed by atoms with Gasteiger partial charge in [0.25, 0.3) is 0 Å². The minimum Gasteiger partial charge on any atom is -0.465 e. The minimum atomic E-state index is -0.341. The van der Waals surface area contributed by atoms with Crippen LogP contribution in [0.25, 0.3) is 6.08 Å². The largest absolute Gasteiger partial charge is 0.465 e. The van der Waals surface area contributed by atoms with Crippen LogP contribution in [0, 0.1) is 0 Å². The van der Waals surface area contributed by atoms with Crippen LogP contribution >= 0.6 is 0 Å². The average molecular weight is 307 g/mol. The van der Waals surface area contributed by atoms with Crippen molar-refractivity contribution in [2.45, 2.75) is 12.8 Å². The van der Waals surface area contributed by atoms with Crippen molar-refractivity contribution in [1.82, 2.24) is 0 Å². The molecule has 0 unspecified atom stereocenters. The van der Waals surface area contributed by atoms with E-state index in [2.05, 4.69) is 5.16 Å². The van der Waals surface area contributed by atoms with Crippen molar-refractivity contribution in [3.8, 4) is 0 Å². The molecule has 0 fully saturated rings. The van der Waals surface area contributed by atoms with Crippen molar-refractivity contribution in [3.05, 3.63) is 77.0 Å². The third-order valence-corrected chi connectivity index (χ3v) is 3.65. The lowest BCUT2D eigenvalue weighted by Crippen LogP contribution is -2.09. The second-order valence-electron chi connectivity index (χ2n) is 5.22. The summed E-state index contributed by atoms with van der Waals surface area (Å²) < 4.78 is 4.69. The summed E-state index contributed by atoms with van der Waals surface area (Å²) in [7, 11) is 1.37. The molecule has 1 aliphatic heterocycles. The van der Waals surface area contributed by atoms with Crippen molar-refractivity contribution < 1.29 is 14.4 Å². The van der Waals surface area contributed by atoms with Gasteiger partial charge in [-0.3, -0.25) is 0 Å². The van der Waals surface area contributed by atoms with Gasteiger partial charge in [0, 0.05) is 12.8 Å². The number of allylic oxidation sites excluding steroid dienone is 1. The topological polar surface area (TPSA) is 47.9 Å². The Morgan fingerprint density at radius 3 is 2.43 bits per heavy atom. The lowest BCUT2D eigenvalue weighted by molar-refractivity contribution is 0.0600. The number of hydrogen-bond acceptors (Lipinski definition) is 4. The van der Waals surface area contributed by atoms with E-state index in [4.69, 9.17) is 9.57 Å². The highest BCUT2D eigenvalue weighted by molar-refractivity contribution is 6.01. The van der Waals surface area contributed by atoms with Crippen LogP contribution < -0.4 is 0 Å². The van der Waals surface area contributed by atoms with Crippen molar-refractivity contribution in [2.24, 2.45) is 5.16 Å². The molecule has 0 atom stereocenters. The molecule has 116 valence electrons. The van der Waals surface area contributed by atoms with Gasteiger partial charge in [-0.05, 0) is 29.3 Å². The molecule has 2 aromatic rings. The maximum absolute atomic E-state index is 11.4. The third kappa shape index (κ3) is 3.66. The van der Waals surface area contributed by atoms with Gasteiger partial charge < -0.3 is 9.57 Å². The number of carbonyl (C=O) groups excluding carboxylic acids is 1. The monoisotopic (exact) mass is 307 g/mol. The summed E-state index contributed by atoms with van der Waals surface area (Å²) >= 11 is 0. The first-order valence-electron chi connectivity index (χ1n) is 7.44. The molecule has 0 spiro atoms. The zero-order chi connectivity index (χ0) is 16.1. The first-order valence-corrected chi connectivity index (χ1v) is 7.44. The molecular weight excluding hydrogens is 290 g/mol. The Hall–Kier alpha value is -2.88. The van der Waals surface area contributed by atoms with Crippen LogP contribution in [-0.2, 0) is 9.57 Å². The average Bonchev–Trinajstić information content (AvgIpc) is 2.63. The summed E-state index contributed by atoms with van der Waals surface area (Å²) in [6.45, 7) is 0. The highest BCUT2D eigenvalue weighted by atomic mass is 16.6. The molecule has 4 heteroatoms. The quantitative estimate of drug-likeness (QED) is 0.804. The highest BCUT2D eigenvalue weighted by Gasteiger charge is 2.14. The Bertz CT molecular complexity index is 746. The second-order valence-corrected chi connectivity index (χ2v) is 5.22. The van der Waals surface area contributed by atoms with Crippen molar-refractivity contribution in [3.63, 3.8) is 0 Å². The number of methoxy groups -OCH3 is 1. The number of carbonyl (C=O) groups is 1. The van der Waals surface area contributed by atoms with Gasteiger partial charge in [0.05, 0.1) is 18.4 Å². The van der Waals surface area contributed by atoms with E-state index in [0.717, 1.165) is 35.4 Å². The predicted molar refractivity (Wildman–Crippen MR) is 89.1 cm³/mol. The van der Waals surface area contributed by atoms with Crippen LogP contribution in [0.15, 0.2) is 65.5 Å². The number of oxime groups is 1. The van der Waals surface area contributed by atoms with Gasteiger partial charge in [0.1, 0.15) is 5.76 Å². The molecule has 3 rings (SSSR count). The molecule has 0 aromatic heterocycles. The standard InChI is InChI=1S/C19H17NO3/c1-22-19(21)16-9-7-15(8-10-16)18-12-11-17(23-20-18)13-14-5-3-2-4-6-14/h2-10,13H,11-12H2,1H3/b17-13+. The molecule has 0 bridgehead atoms. The normalized spacial score (nSPS) is 15.7. The Kier molecular flexibility index (Phi) is 4.52. The van der Waals surface area contributed by atoms with Crippen LogP contribution in [0.3, 0.4) is 0 Å². The van der Waals surface area contributed by atoms with E-state index in [1.54, 1.807) is 12.1 Å². The Morgan fingerprint density at radius 1 is 1.09 bits per heavy atom. The first-order chi connectivity index (χ1) is 11.3. The number of benzene rings is 2. The van der Waals surface area contributed by atoms with Crippen molar-refractivity contribution in [1.29, 1.82) is 0 Å². The fourth-order valence-electron chi connectivity index (χ4n) is 2.39. The zero-order valence-electron chi connectivity index (χ0n) is 12.9. The number of ether oxygens (including phenoxy) is 1. The van der Waals surface area contributed by atoms with Gasteiger partial charge in [-0.2, -0.15) is 0 Å². The molecule has 0 saturated carbocycles. The molecule has 1 aliphatic rings. The molecule has 0 radical (unpaired) electrons. The number of rotatable bonds is 3. The summed E-state index contributed by atoms with van der Waals surface area (Å²) in [5.74, 6) is 0.512. The fourth-order valence-corrected chi connectivity index (χ4v) is 2.39. The first kappa shape index (κ1) is 15.0. The van der Waals surface area contributed by atoms with Crippen LogP contribution in [0.5, 0.6) is 0 Å². The van der Waals surface area contributed by atoms with Crippen molar-refractivity contribution in [2.75, 3.05) is 7.11 Å². The minimum absolute atomic E-state index is 0.341. The number of hydrogen-bond donors (Lipinski definition) is 0. The molecule has 23 heavy (non-hydrogen) atoms. The smallest absolute Gasteiger partial charge is 0.337 e. The zero-order valence-corrected chi connectivity index (χ0v) is 12.9. The maximum atomic E-state index is 11.4. The predicted octanol–water partition coefficient (Wildman–Crippen LogP) is 4.03. The van der Waals surface area contributed by atoms with E-state index >= 15 is 0 Å². The number of esters is 1. The van der Waals surface area contributed by atoms with Gasteiger partial charge in [-0.1, -0.05) is 47.6 Å². The third-order valence-electron chi connectivity index (χ3n) is 3.65. The molecule has 4 nitrogen and oxygen atoms in total. The maximum Gasteiger partial charge on any atom is 0.337 e. The molecule has 1 heterocycles.